The zero-order valence-corrected chi connectivity index (χ0v) is 10.2. The van der Waals surface area contributed by atoms with Crippen molar-refractivity contribution < 1.29 is 9.59 Å². The summed E-state index contributed by atoms with van der Waals surface area (Å²) in [6.45, 7) is -0.159. The molecule has 0 unspecified atom stereocenters. The summed E-state index contributed by atoms with van der Waals surface area (Å²) in [7, 11) is 1.61. The molecular formula is C12H12N5O2. The van der Waals surface area contributed by atoms with Crippen molar-refractivity contribution in [3.8, 4) is 6.19 Å². The molecule has 0 bridgehead atoms. The lowest BCUT2D eigenvalue weighted by atomic mass is 10.2. The Hall–Kier alpha value is -2.88. The second kappa shape index (κ2) is 7.45. The highest BCUT2D eigenvalue weighted by molar-refractivity contribution is 5.98. The van der Waals surface area contributed by atoms with E-state index in [1.54, 1.807) is 43.8 Å². The van der Waals surface area contributed by atoms with Gasteiger partial charge in [-0.05, 0) is 18.2 Å². The van der Waals surface area contributed by atoms with Gasteiger partial charge in [-0.1, -0.05) is 6.07 Å². The number of hydrogen-bond donors (Lipinski definition) is 3. The van der Waals surface area contributed by atoms with Crippen molar-refractivity contribution in [1.82, 2.24) is 10.6 Å². The van der Waals surface area contributed by atoms with Crippen LogP contribution in [0.25, 0.3) is 0 Å². The Morgan fingerprint density at radius 3 is 2.89 bits per heavy atom. The molecule has 1 radical (unpaired) electrons. The van der Waals surface area contributed by atoms with E-state index in [-0.39, 0.29) is 18.4 Å². The second-order valence-corrected chi connectivity index (χ2v) is 3.34. The van der Waals surface area contributed by atoms with Gasteiger partial charge in [-0.15, -0.1) is 4.99 Å². The molecule has 1 amide bonds. The van der Waals surface area contributed by atoms with E-state index in [4.69, 9.17) is 5.26 Å². The standard InChI is InChI=1S/C12H12N5O2/c1-14-12(16-8-13)17-10-4-2-3-9(7-10)11(19)15-5-6-18/h2-4,7H,5H2,1H3,(H,15,19)(H2,14,16,17). The third-order valence-electron chi connectivity index (χ3n) is 2.11. The average Bonchev–Trinajstić information content (AvgIpc) is 2.44. The zero-order chi connectivity index (χ0) is 14.1. The van der Waals surface area contributed by atoms with Crippen LogP contribution in [0.5, 0.6) is 0 Å². The van der Waals surface area contributed by atoms with Gasteiger partial charge in [0.1, 0.15) is 0 Å². The summed E-state index contributed by atoms with van der Waals surface area (Å²) in [5, 5.41) is 16.4. The molecule has 1 rings (SSSR count). The first-order valence-electron chi connectivity index (χ1n) is 5.36. The van der Waals surface area contributed by atoms with Gasteiger partial charge in [0.05, 0.1) is 6.54 Å². The van der Waals surface area contributed by atoms with Crippen LogP contribution in [0, 0.1) is 11.5 Å². The van der Waals surface area contributed by atoms with Crippen LogP contribution in [0.3, 0.4) is 0 Å². The highest BCUT2D eigenvalue weighted by Crippen LogP contribution is 2.10. The number of nitriles is 1. The summed E-state index contributed by atoms with van der Waals surface area (Å²) in [5.41, 5.74) is 0.971. The van der Waals surface area contributed by atoms with Crippen molar-refractivity contribution in [3.63, 3.8) is 0 Å². The fourth-order valence-corrected chi connectivity index (χ4v) is 1.29. The Bertz CT molecular complexity index is 533. The van der Waals surface area contributed by atoms with Gasteiger partial charge >= 0.3 is 0 Å². The molecule has 0 fully saturated rings. The molecule has 0 aromatic heterocycles. The smallest absolute Gasteiger partial charge is 0.251 e. The first-order chi connectivity index (χ1) is 9.21. The fraction of sp³-hybridized carbons (Fsp3) is 0.167. The minimum Gasteiger partial charge on any atom is -0.358 e. The van der Waals surface area contributed by atoms with Crippen molar-refractivity contribution in [2.24, 2.45) is 4.99 Å². The first-order valence-corrected chi connectivity index (χ1v) is 5.36. The van der Waals surface area contributed by atoms with E-state index in [9.17, 15) is 9.59 Å². The van der Waals surface area contributed by atoms with E-state index in [0.717, 1.165) is 0 Å². The molecule has 0 spiro atoms. The first kappa shape index (κ1) is 14.2. The quantitative estimate of drug-likeness (QED) is 0.400. The number of carbonyl (C=O) groups is 1. The maximum atomic E-state index is 11.6. The number of benzene rings is 1. The van der Waals surface area contributed by atoms with Crippen LogP contribution in [0.1, 0.15) is 10.4 Å². The predicted molar refractivity (Wildman–Crippen MR) is 70.2 cm³/mol. The number of rotatable bonds is 4. The summed E-state index contributed by atoms with van der Waals surface area (Å²) >= 11 is 0. The molecule has 19 heavy (non-hydrogen) atoms. The Balaban J connectivity index is 2.82. The van der Waals surface area contributed by atoms with Crippen molar-refractivity contribution >= 4 is 23.8 Å². The molecule has 0 aliphatic carbocycles. The molecule has 7 nitrogen and oxygen atoms in total. The van der Waals surface area contributed by atoms with Crippen LogP contribution in [0.15, 0.2) is 29.3 Å². The minimum atomic E-state index is -0.379. The maximum Gasteiger partial charge on any atom is 0.251 e. The summed E-state index contributed by atoms with van der Waals surface area (Å²) in [6.07, 6.45) is 3.22. The van der Waals surface area contributed by atoms with Crippen LogP contribution in [0.4, 0.5) is 5.69 Å². The molecule has 0 aliphatic rings. The van der Waals surface area contributed by atoms with Crippen LogP contribution in [-0.4, -0.2) is 31.7 Å². The number of nitrogens with zero attached hydrogens (tertiary/aromatic N) is 2. The third kappa shape index (κ3) is 4.47. The maximum absolute atomic E-state index is 11.6. The minimum absolute atomic E-state index is 0.159. The van der Waals surface area contributed by atoms with E-state index >= 15 is 0 Å². The molecule has 7 heteroatoms. The van der Waals surface area contributed by atoms with E-state index in [0.29, 0.717) is 11.3 Å². The normalized spacial score (nSPS) is 10.2. The monoisotopic (exact) mass is 258 g/mol. The number of nitrogens with one attached hydrogen (secondary N) is 3. The molecule has 97 valence electrons. The van der Waals surface area contributed by atoms with Gasteiger partial charge in [-0.25, -0.2) is 0 Å². The second-order valence-electron chi connectivity index (χ2n) is 3.34. The van der Waals surface area contributed by atoms with Gasteiger partial charge in [-0.3, -0.25) is 9.59 Å². The topological polar surface area (TPSA) is 106 Å². The van der Waals surface area contributed by atoms with Crippen molar-refractivity contribution in [2.75, 3.05) is 18.9 Å². The van der Waals surface area contributed by atoms with Gasteiger partial charge < -0.3 is 16.0 Å². The molecule has 0 saturated heterocycles. The SMILES string of the molecule is CNC(=NC#N)Nc1cccc(C(=O)NC[C]=O)c1. The number of hydrogen-bond acceptors (Lipinski definition) is 4. The van der Waals surface area contributed by atoms with Gasteiger partial charge in [0.15, 0.2) is 0 Å². The van der Waals surface area contributed by atoms with Gasteiger partial charge in [0, 0.05) is 18.3 Å². The predicted octanol–water partition coefficient (Wildman–Crippen LogP) is -0.00552. The van der Waals surface area contributed by atoms with Crippen LogP contribution in [0.2, 0.25) is 0 Å². The Labute approximate surface area is 110 Å². The van der Waals surface area contributed by atoms with Crippen LogP contribution in [-0.2, 0) is 4.79 Å². The van der Waals surface area contributed by atoms with Crippen molar-refractivity contribution in [1.29, 1.82) is 5.26 Å². The van der Waals surface area contributed by atoms with Crippen molar-refractivity contribution in [3.05, 3.63) is 29.8 Å². The van der Waals surface area contributed by atoms with Crippen molar-refractivity contribution in [2.45, 2.75) is 0 Å². The summed E-state index contributed by atoms with van der Waals surface area (Å²) in [5.74, 6) is -0.114. The molecule has 0 saturated carbocycles. The average molecular weight is 258 g/mol. The lowest BCUT2D eigenvalue weighted by Crippen LogP contribution is -2.27. The Morgan fingerprint density at radius 1 is 1.47 bits per heavy atom. The van der Waals surface area contributed by atoms with E-state index in [1.165, 1.54) is 0 Å². The number of carbonyl (C=O) groups excluding carboxylic acids is 2. The van der Waals surface area contributed by atoms with Crippen LogP contribution < -0.4 is 16.0 Å². The molecule has 1 aromatic rings. The molecular weight excluding hydrogens is 246 g/mol. The van der Waals surface area contributed by atoms with Crippen LogP contribution >= 0.6 is 0 Å². The summed E-state index contributed by atoms with van der Waals surface area (Å²) in [6, 6.07) is 6.56. The Morgan fingerprint density at radius 2 is 2.26 bits per heavy atom. The number of guanidine groups is 1. The summed E-state index contributed by atoms with van der Waals surface area (Å²) < 4.78 is 0. The number of anilines is 1. The molecule has 1 aromatic carbocycles. The van der Waals surface area contributed by atoms with E-state index in [1.807, 2.05) is 0 Å². The fourth-order valence-electron chi connectivity index (χ4n) is 1.29. The van der Waals surface area contributed by atoms with Gasteiger partial charge in [0.2, 0.25) is 18.4 Å². The number of aliphatic imine (C=N–C) groups is 1. The highest BCUT2D eigenvalue weighted by Gasteiger charge is 2.06. The third-order valence-corrected chi connectivity index (χ3v) is 2.11. The van der Waals surface area contributed by atoms with Gasteiger partial charge in [0.25, 0.3) is 5.91 Å². The zero-order valence-electron chi connectivity index (χ0n) is 10.2. The molecule has 0 atom stereocenters. The molecule has 3 N–H and O–H groups in total. The molecule has 0 aliphatic heterocycles. The van der Waals surface area contributed by atoms with E-state index in [2.05, 4.69) is 20.9 Å². The Kier molecular flexibility index (Phi) is 5.56. The lowest BCUT2D eigenvalue weighted by molar-refractivity contribution is 0.0959. The largest absolute Gasteiger partial charge is 0.358 e. The summed E-state index contributed by atoms with van der Waals surface area (Å²) in [4.78, 5) is 25.2. The van der Waals surface area contributed by atoms with Gasteiger partial charge in [-0.2, -0.15) is 5.26 Å². The lowest BCUT2D eigenvalue weighted by Gasteiger charge is -2.09. The molecule has 0 heterocycles. The van der Waals surface area contributed by atoms with E-state index < -0.39 is 0 Å². The number of amides is 1. The highest BCUT2D eigenvalue weighted by atomic mass is 16.2.